The van der Waals surface area contributed by atoms with Crippen LogP contribution in [0, 0.1) is 0 Å². The summed E-state index contributed by atoms with van der Waals surface area (Å²) in [5.41, 5.74) is 14.1. The molecule has 3 aromatic heterocycles. The molecule has 37 heavy (non-hydrogen) atoms. The van der Waals surface area contributed by atoms with E-state index in [0.29, 0.717) is 35.9 Å². The SMILES string of the molecule is C[C@H](Cn1cnc2c(N)ncnc21)OCNP(N)(=O)N(CCOCc1cnn(C)c1)Oc1ccccc1. The molecular formula is C22H31N10O4P. The van der Waals surface area contributed by atoms with Crippen LogP contribution in [0.5, 0.6) is 5.75 Å². The zero-order valence-corrected chi connectivity index (χ0v) is 21.6. The van der Waals surface area contributed by atoms with Crippen LogP contribution in [-0.2, 0) is 34.2 Å². The van der Waals surface area contributed by atoms with Crippen LogP contribution in [-0.4, -0.2) is 60.1 Å². The summed E-state index contributed by atoms with van der Waals surface area (Å²) in [7, 11) is -1.83. The third kappa shape index (κ3) is 7.32. The van der Waals surface area contributed by atoms with Gasteiger partial charge in [-0.1, -0.05) is 23.0 Å². The van der Waals surface area contributed by atoms with E-state index in [-0.39, 0.29) is 26.0 Å². The van der Waals surface area contributed by atoms with Gasteiger partial charge < -0.3 is 24.6 Å². The molecule has 5 N–H and O–H groups in total. The van der Waals surface area contributed by atoms with Gasteiger partial charge in [0.05, 0.1) is 44.9 Å². The average molecular weight is 531 g/mol. The predicted octanol–water partition coefficient (Wildman–Crippen LogP) is 1.67. The molecule has 4 aromatic rings. The second kappa shape index (κ2) is 12.2. The Balaban J connectivity index is 1.31. The van der Waals surface area contributed by atoms with Gasteiger partial charge in [-0.2, -0.15) is 5.10 Å². The van der Waals surface area contributed by atoms with Crippen molar-refractivity contribution in [3.05, 3.63) is 60.9 Å². The summed E-state index contributed by atoms with van der Waals surface area (Å²) in [6, 6.07) is 8.96. The van der Waals surface area contributed by atoms with E-state index >= 15 is 0 Å². The Hall–Kier alpha value is -3.39. The summed E-state index contributed by atoms with van der Waals surface area (Å²) < 4.78 is 28.4. The van der Waals surface area contributed by atoms with Crippen LogP contribution < -0.4 is 21.2 Å². The highest BCUT2D eigenvalue weighted by molar-refractivity contribution is 7.56. The monoisotopic (exact) mass is 530 g/mol. The quantitative estimate of drug-likeness (QED) is 0.0933. The fourth-order valence-electron chi connectivity index (χ4n) is 3.45. The van der Waals surface area contributed by atoms with E-state index in [9.17, 15) is 4.57 Å². The Labute approximate surface area is 214 Å². The highest BCUT2D eigenvalue weighted by atomic mass is 31.2. The molecule has 3 heterocycles. The number of hydrogen-bond donors (Lipinski definition) is 3. The second-order valence-corrected chi connectivity index (χ2v) is 10.3. The van der Waals surface area contributed by atoms with Gasteiger partial charge in [0.25, 0.3) is 0 Å². The predicted molar refractivity (Wildman–Crippen MR) is 137 cm³/mol. The lowest BCUT2D eigenvalue weighted by Crippen LogP contribution is -2.38. The molecule has 15 heteroatoms. The minimum atomic E-state index is -3.67. The van der Waals surface area contributed by atoms with Gasteiger partial charge in [-0.3, -0.25) is 14.8 Å². The molecule has 0 spiro atoms. The van der Waals surface area contributed by atoms with Crippen LogP contribution in [0.15, 0.2) is 55.4 Å². The molecule has 2 atom stereocenters. The lowest BCUT2D eigenvalue weighted by atomic mass is 10.3. The number of rotatable bonds is 14. The van der Waals surface area contributed by atoms with E-state index in [2.05, 4.69) is 25.1 Å². The summed E-state index contributed by atoms with van der Waals surface area (Å²) in [5, 5.41) is 6.88. The summed E-state index contributed by atoms with van der Waals surface area (Å²) in [6.45, 7) is 2.95. The first-order valence-electron chi connectivity index (χ1n) is 11.5. The standard InChI is InChI=1S/C22H31N10O4P/c1-17(11-31-15-27-20-21(23)25-14-26-22(20)31)35-16-29-37(24,33)32(36-19-6-4-3-5-7-19)8-9-34-13-18-10-28-30(2)12-18/h3-7,10,12,14-15,17H,8-9,11,13,16H2,1-2H3,(H2,23,25,26)(H3,24,29,33)/t17-,37?/m1/s1. The maximum Gasteiger partial charge on any atom is 0.312 e. The van der Waals surface area contributed by atoms with Crippen molar-refractivity contribution < 1.29 is 18.9 Å². The number of nitrogens with one attached hydrogen (secondary N) is 1. The molecule has 0 amide bonds. The van der Waals surface area contributed by atoms with E-state index in [1.54, 1.807) is 29.3 Å². The fourth-order valence-corrected chi connectivity index (χ4v) is 4.46. The number of ether oxygens (including phenoxy) is 2. The summed E-state index contributed by atoms with van der Waals surface area (Å²) >= 11 is 0. The summed E-state index contributed by atoms with van der Waals surface area (Å²) in [5.74, 6) is 0.802. The first-order valence-corrected chi connectivity index (χ1v) is 13.3. The van der Waals surface area contributed by atoms with Gasteiger partial charge in [0.15, 0.2) is 11.5 Å². The number of fused-ring (bicyclic) bond motifs is 1. The van der Waals surface area contributed by atoms with Gasteiger partial charge in [0.2, 0.25) is 0 Å². The molecule has 0 radical (unpaired) electrons. The van der Waals surface area contributed by atoms with Crippen molar-refractivity contribution >= 4 is 24.6 Å². The highest BCUT2D eigenvalue weighted by Gasteiger charge is 2.28. The molecule has 1 unspecified atom stereocenters. The van der Waals surface area contributed by atoms with Gasteiger partial charge >= 0.3 is 7.59 Å². The van der Waals surface area contributed by atoms with E-state index in [4.69, 9.17) is 25.5 Å². The lowest BCUT2D eigenvalue weighted by Gasteiger charge is -2.28. The number of anilines is 1. The highest BCUT2D eigenvalue weighted by Crippen LogP contribution is 2.37. The maximum absolute atomic E-state index is 13.4. The van der Waals surface area contributed by atoms with Crippen molar-refractivity contribution in [1.29, 1.82) is 0 Å². The van der Waals surface area contributed by atoms with Crippen molar-refractivity contribution in [3.63, 3.8) is 0 Å². The number of nitrogens with two attached hydrogens (primary N) is 2. The molecule has 1 aromatic carbocycles. The number of hydrogen-bond acceptors (Lipinski definition) is 9. The molecule has 0 aliphatic heterocycles. The van der Waals surface area contributed by atoms with Gasteiger partial charge in [-0.15, -0.1) is 0 Å². The van der Waals surface area contributed by atoms with Crippen LogP contribution in [0.1, 0.15) is 12.5 Å². The Morgan fingerprint density at radius 2 is 2.03 bits per heavy atom. The molecule has 0 saturated carbocycles. The Morgan fingerprint density at radius 1 is 1.22 bits per heavy atom. The number of aromatic nitrogens is 6. The minimum absolute atomic E-state index is 0.0795. The number of nitrogens with zero attached hydrogens (tertiary/aromatic N) is 7. The second-order valence-electron chi connectivity index (χ2n) is 8.29. The van der Waals surface area contributed by atoms with E-state index in [1.807, 2.05) is 42.9 Å². The Kier molecular flexibility index (Phi) is 8.82. The van der Waals surface area contributed by atoms with Gasteiger partial charge in [-0.05, 0) is 19.1 Å². The van der Waals surface area contributed by atoms with Crippen LogP contribution in [0.4, 0.5) is 5.82 Å². The lowest BCUT2D eigenvalue weighted by molar-refractivity contribution is -0.00555. The number of nitrogen functional groups attached to an aromatic ring is 1. The normalized spacial score (nSPS) is 14.2. The molecule has 0 bridgehead atoms. The smallest absolute Gasteiger partial charge is 0.312 e. The van der Waals surface area contributed by atoms with E-state index in [0.717, 1.165) is 5.56 Å². The number of aryl methyl sites for hydroxylation is 1. The summed E-state index contributed by atoms with van der Waals surface area (Å²) in [4.78, 5) is 19.4. The fraction of sp³-hybridized carbons (Fsp3) is 0.364. The largest absolute Gasteiger partial charge is 0.397 e. The molecule has 0 aliphatic rings. The number of hydroxylamine groups is 1. The van der Waals surface area contributed by atoms with Crippen molar-refractivity contribution in [3.8, 4) is 5.75 Å². The average Bonchev–Trinajstić information content (AvgIpc) is 3.48. The molecule has 14 nitrogen and oxygen atoms in total. The first kappa shape index (κ1) is 26.7. The number of benzene rings is 1. The topological polar surface area (TPSA) is 173 Å². The Bertz CT molecular complexity index is 1330. The zero-order chi connectivity index (χ0) is 26.3. The van der Waals surface area contributed by atoms with Crippen molar-refractivity contribution in [2.75, 3.05) is 25.6 Å². The van der Waals surface area contributed by atoms with E-state index in [1.165, 1.54) is 11.2 Å². The number of imidazole rings is 1. The zero-order valence-electron chi connectivity index (χ0n) is 20.7. The van der Waals surface area contributed by atoms with Gasteiger partial charge in [0.1, 0.15) is 24.3 Å². The van der Waals surface area contributed by atoms with Crippen LogP contribution >= 0.6 is 7.59 Å². The first-order chi connectivity index (χ1) is 17.8. The minimum Gasteiger partial charge on any atom is -0.397 e. The Morgan fingerprint density at radius 3 is 2.78 bits per heavy atom. The van der Waals surface area contributed by atoms with Gasteiger partial charge in [0, 0.05) is 18.8 Å². The third-order valence-corrected chi connectivity index (χ3v) is 6.81. The molecule has 4 rings (SSSR count). The van der Waals surface area contributed by atoms with Crippen LogP contribution in [0.2, 0.25) is 0 Å². The third-order valence-electron chi connectivity index (χ3n) is 5.28. The molecule has 0 aliphatic carbocycles. The summed E-state index contributed by atoms with van der Waals surface area (Å²) in [6.07, 6.45) is 6.31. The molecule has 0 fully saturated rings. The van der Waals surface area contributed by atoms with Crippen molar-refractivity contribution in [1.82, 2.24) is 39.2 Å². The van der Waals surface area contributed by atoms with Crippen molar-refractivity contribution in [2.24, 2.45) is 12.6 Å². The van der Waals surface area contributed by atoms with Crippen LogP contribution in [0.25, 0.3) is 11.2 Å². The number of para-hydroxylation sites is 1. The van der Waals surface area contributed by atoms with Crippen molar-refractivity contribution in [2.45, 2.75) is 26.2 Å². The van der Waals surface area contributed by atoms with Crippen LogP contribution in [0.3, 0.4) is 0 Å². The maximum atomic E-state index is 13.4. The molecule has 0 saturated heterocycles. The van der Waals surface area contributed by atoms with Gasteiger partial charge in [-0.25, -0.2) is 20.0 Å². The molecular weight excluding hydrogens is 499 g/mol. The molecule has 198 valence electrons. The van der Waals surface area contributed by atoms with E-state index < -0.39 is 7.59 Å².